The fourth-order valence-electron chi connectivity index (χ4n) is 2.68. The standard InChI is InChI=1S/C19H15N5O2S/c1-26-16-10-6-5-9-14(16)17-15(18(25)21-19-22-20-12-27-19)11-24(23-17)13-7-3-2-4-8-13/h2-12H,1H3,(H,21,22,25). The van der Waals surface area contributed by atoms with Crippen molar-refractivity contribution in [2.75, 3.05) is 12.4 Å². The van der Waals surface area contributed by atoms with Gasteiger partial charge in [0, 0.05) is 11.8 Å². The number of aromatic nitrogens is 4. The monoisotopic (exact) mass is 377 g/mol. The highest BCUT2D eigenvalue weighted by Gasteiger charge is 2.21. The molecule has 0 saturated carbocycles. The molecule has 0 aliphatic carbocycles. The van der Waals surface area contributed by atoms with E-state index < -0.39 is 0 Å². The molecule has 0 bridgehead atoms. The van der Waals surface area contributed by atoms with Crippen LogP contribution in [0.4, 0.5) is 5.13 Å². The SMILES string of the molecule is COc1ccccc1-c1nn(-c2ccccc2)cc1C(=O)Nc1nncs1. The molecule has 4 rings (SSSR count). The summed E-state index contributed by atoms with van der Waals surface area (Å²) in [5, 5.41) is 15.5. The summed E-state index contributed by atoms with van der Waals surface area (Å²) >= 11 is 1.25. The lowest BCUT2D eigenvalue weighted by Gasteiger charge is -2.07. The number of carbonyl (C=O) groups excluding carboxylic acids is 1. The van der Waals surface area contributed by atoms with E-state index in [0.717, 1.165) is 11.3 Å². The molecule has 7 nitrogen and oxygen atoms in total. The van der Waals surface area contributed by atoms with Crippen molar-refractivity contribution in [1.82, 2.24) is 20.0 Å². The highest BCUT2D eigenvalue weighted by Crippen LogP contribution is 2.32. The smallest absolute Gasteiger partial charge is 0.261 e. The highest BCUT2D eigenvalue weighted by atomic mass is 32.1. The maximum absolute atomic E-state index is 12.9. The second-order valence-electron chi connectivity index (χ2n) is 5.57. The van der Waals surface area contributed by atoms with Gasteiger partial charge in [0.15, 0.2) is 0 Å². The molecule has 0 saturated heterocycles. The summed E-state index contributed by atoms with van der Waals surface area (Å²) < 4.78 is 7.13. The van der Waals surface area contributed by atoms with Crippen LogP contribution in [0.5, 0.6) is 5.75 Å². The molecule has 4 aromatic rings. The molecule has 0 radical (unpaired) electrons. The lowest BCUT2D eigenvalue weighted by molar-refractivity contribution is 0.102. The number of amides is 1. The molecule has 27 heavy (non-hydrogen) atoms. The molecule has 0 aliphatic rings. The van der Waals surface area contributed by atoms with Crippen molar-refractivity contribution in [3.8, 4) is 22.7 Å². The van der Waals surface area contributed by atoms with E-state index in [9.17, 15) is 4.79 Å². The molecular weight excluding hydrogens is 362 g/mol. The summed E-state index contributed by atoms with van der Waals surface area (Å²) in [5.41, 5.74) is 4.09. The van der Waals surface area contributed by atoms with Gasteiger partial charge in [-0.2, -0.15) is 5.10 Å². The number of nitrogens with zero attached hydrogens (tertiary/aromatic N) is 4. The van der Waals surface area contributed by atoms with Crippen molar-refractivity contribution in [3.05, 3.63) is 71.9 Å². The van der Waals surface area contributed by atoms with E-state index in [-0.39, 0.29) is 5.91 Å². The Kier molecular flexibility index (Phi) is 4.63. The van der Waals surface area contributed by atoms with Crippen LogP contribution in [0.2, 0.25) is 0 Å². The van der Waals surface area contributed by atoms with Crippen LogP contribution in [0.3, 0.4) is 0 Å². The molecular formula is C19H15N5O2S. The van der Waals surface area contributed by atoms with Crippen molar-refractivity contribution >= 4 is 22.4 Å². The number of methoxy groups -OCH3 is 1. The molecule has 2 aromatic carbocycles. The molecule has 0 aliphatic heterocycles. The Labute approximate surface area is 159 Å². The topological polar surface area (TPSA) is 81.9 Å². The normalized spacial score (nSPS) is 10.6. The molecule has 0 fully saturated rings. The van der Waals surface area contributed by atoms with Gasteiger partial charge in [-0.05, 0) is 24.3 Å². The van der Waals surface area contributed by atoms with Crippen molar-refractivity contribution < 1.29 is 9.53 Å². The van der Waals surface area contributed by atoms with Crippen molar-refractivity contribution in [3.63, 3.8) is 0 Å². The summed E-state index contributed by atoms with van der Waals surface area (Å²) in [6.07, 6.45) is 1.70. The van der Waals surface area contributed by atoms with Gasteiger partial charge in [0.25, 0.3) is 5.91 Å². The summed E-state index contributed by atoms with van der Waals surface area (Å²) in [6.45, 7) is 0. The quantitative estimate of drug-likeness (QED) is 0.574. The van der Waals surface area contributed by atoms with Crippen LogP contribution in [-0.4, -0.2) is 33.0 Å². The predicted molar refractivity (Wildman–Crippen MR) is 103 cm³/mol. The van der Waals surface area contributed by atoms with E-state index in [4.69, 9.17) is 4.74 Å². The number of rotatable bonds is 5. The Bertz CT molecular complexity index is 1060. The van der Waals surface area contributed by atoms with Crippen LogP contribution in [0.1, 0.15) is 10.4 Å². The van der Waals surface area contributed by atoms with Gasteiger partial charge in [0.1, 0.15) is 17.0 Å². The number of para-hydroxylation sites is 2. The zero-order valence-electron chi connectivity index (χ0n) is 14.4. The van der Waals surface area contributed by atoms with Crippen molar-refractivity contribution in [1.29, 1.82) is 0 Å². The van der Waals surface area contributed by atoms with Gasteiger partial charge in [0.05, 0.1) is 18.4 Å². The second kappa shape index (κ2) is 7.38. The minimum Gasteiger partial charge on any atom is -0.496 e. The third-order valence-corrected chi connectivity index (χ3v) is 4.53. The lowest BCUT2D eigenvalue weighted by atomic mass is 10.1. The lowest BCUT2D eigenvalue weighted by Crippen LogP contribution is -2.12. The van der Waals surface area contributed by atoms with Gasteiger partial charge >= 0.3 is 0 Å². The number of hydrogen-bond acceptors (Lipinski definition) is 6. The van der Waals surface area contributed by atoms with Gasteiger partial charge in [-0.3, -0.25) is 10.1 Å². The summed E-state index contributed by atoms with van der Waals surface area (Å²) in [6, 6.07) is 17.1. The van der Waals surface area contributed by atoms with Gasteiger partial charge in [0.2, 0.25) is 5.13 Å². The Balaban J connectivity index is 1.82. The van der Waals surface area contributed by atoms with Crippen LogP contribution in [-0.2, 0) is 0 Å². The fraction of sp³-hybridized carbons (Fsp3) is 0.0526. The minimum atomic E-state index is -0.310. The molecule has 2 aromatic heterocycles. The first kappa shape index (κ1) is 16.9. The van der Waals surface area contributed by atoms with Crippen LogP contribution in [0.25, 0.3) is 16.9 Å². The Morgan fingerprint density at radius 1 is 1.11 bits per heavy atom. The zero-order valence-corrected chi connectivity index (χ0v) is 15.2. The number of benzene rings is 2. The number of nitrogens with one attached hydrogen (secondary N) is 1. The van der Waals surface area contributed by atoms with Gasteiger partial charge in [-0.25, -0.2) is 4.68 Å². The van der Waals surface area contributed by atoms with Gasteiger partial charge < -0.3 is 4.74 Å². The largest absolute Gasteiger partial charge is 0.496 e. The maximum Gasteiger partial charge on any atom is 0.261 e. The Hall–Kier alpha value is -3.52. The van der Waals surface area contributed by atoms with Gasteiger partial charge in [-0.1, -0.05) is 41.7 Å². The van der Waals surface area contributed by atoms with E-state index >= 15 is 0 Å². The van der Waals surface area contributed by atoms with Crippen LogP contribution >= 0.6 is 11.3 Å². The average Bonchev–Trinajstić information content (AvgIpc) is 3.38. The highest BCUT2D eigenvalue weighted by molar-refractivity contribution is 7.13. The van der Waals surface area contributed by atoms with E-state index in [1.54, 1.807) is 23.5 Å². The van der Waals surface area contributed by atoms with Crippen molar-refractivity contribution in [2.24, 2.45) is 0 Å². The van der Waals surface area contributed by atoms with E-state index in [0.29, 0.717) is 22.1 Å². The second-order valence-corrected chi connectivity index (χ2v) is 6.40. The van der Waals surface area contributed by atoms with Gasteiger partial charge in [-0.15, -0.1) is 10.2 Å². The third kappa shape index (κ3) is 3.42. The molecule has 1 amide bonds. The van der Waals surface area contributed by atoms with E-state index in [2.05, 4.69) is 20.6 Å². The fourth-order valence-corrected chi connectivity index (χ4v) is 3.12. The maximum atomic E-state index is 12.9. The summed E-state index contributed by atoms with van der Waals surface area (Å²) in [4.78, 5) is 12.9. The predicted octanol–water partition coefficient (Wildman–Crippen LogP) is 3.65. The van der Waals surface area contributed by atoms with Crippen molar-refractivity contribution in [2.45, 2.75) is 0 Å². The molecule has 8 heteroatoms. The first-order valence-corrected chi connectivity index (χ1v) is 9.00. The number of carbonyl (C=O) groups is 1. The summed E-state index contributed by atoms with van der Waals surface area (Å²) in [5.74, 6) is 0.329. The van der Waals surface area contributed by atoms with Crippen LogP contribution < -0.4 is 10.1 Å². The molecule has 0 spiro atoms. The molecule has 0 unspecified atom stereocenters. The first-order chi connectivity index (χ1) is 13.3. The Morgan fingerprint density at radius 3 is 2.63 bits per heavy atom. The van der Waals surface area contributed by atoms with E-state index in [1.807, 2.05) is 54.6 Å². The molecule has 1 N–H and O–H groups in total. The average molecular weight is 377 g/mol. The zero-order chi connectivity index (χ0) is 18.6. The number of anilines is 1. The third-order valence-electron chi connectivity index (χ3n) is 3.92. The minimum absolute atomic E-state index is 0.310. The molecule has 0 atom stereocenters. The molecule has 134 valence electrons. The number of ether oxygens (including phenoxy) is 1. The number of hydrogen-bond donors (Lipinski definition) is 1. The molecule has 2 heterocycles. The first-order valence-electron chi connectivity index (χ1n) is 8.12. The van der Waals surface area contributed by atoms with E-state index in [1.165, 1.54) is 11.3 Å². The van der Waals surface area contributed by atoms with Crippen LogP contribution in [0.15, 0.2) is 66.3 Å². The van der Waals surface area contributed by atoms with Crippen LogP contribution in [0, 0.1) is 0 Å². The Morgan fingerprint density at radius 2 is 1.89 bits per heavy atom. The summed E-state index contributed by atoms with van der Waals surface area (Å²) in [7, 11) is 1.59.